The van der Waals surface area contributed by atoms with Gasteiger partial charge in [0.25, 0.3) is 5.91 Å². The standard InChI is InChI=1S/C23H31N5O2/c1-7-17(8-2)28-18(9-3)23(30)27(6)19-14-24-20(25-21(19)28)15-11-10-12-16(13-15)22(29)26(4)5/h10-14,17-18H,7-9H2,1-6H3/t18-/m1/s1. The van der Waals surface area contributed by atoms with E-state index in [4.69, 9.17) is 4.98 Å². The minimum Gasteiger partial charge on any atom is -0.345 e. The number of hydrogen-bond donors (Lipinski definition) is 0. The fourth-order valence-corrected chi connectivity index (χ4v) is 4.07. The van der Waals surface area contributed by atoms with Crippen molar-refractivity contribution in [2.45, 2.75) is 52.1 Å². The number of benzene rings is 1. The molecule has 3 rings (SSSR count). The fraction of sp³-hybridized carbons (Fsp3) is 0.478. The van der Waals surface area contributed by atoms with Crippen LogP contribution in [0.5, 0.6) is 0 Å². The Hall–Kier alpha value is -2.96. The van der Waals surface area contributed by atoms with Crippen LogP contribution in [0.15, 0.2) is 30.5 Å². The van der Waals surface area contributed by atoms with Crippen molar-refractivity contribution in [1.82, 2.24) is 14.9 Å². The summed E-state index contributed by atoms with van der Waals surface area (Å²) in [4.78, 5) is 40.2. The molecule has 1 aliphatic heterocycles. The number of amides is 2. The first kappa shape index (κ1) is 21.7. The van der Waals surface area contributed by atoms with E-state index >= 15 is 0 Å². The maximum atomic E-state index is 13.0. The van der Waals surface area contributed by atoms with E-state index in [0.717, 1.165) is 29.9 Å². The molecule has 0 fully saturated rings. The predicted molar refractivity (Wildman–Crippen MR) is 120 cm³/mol. The van der Waals surface area contributed by atoms with Crippen molar-refractivity contribution in [3.05, 3.63) is 36.0 Å². The largest absolute Gasteiger partial charge is 0.345 e. The van der Waals surface area contributed by atoms with Gasteiger partial charge in [-0.3, -0.25) is 9.59 Å². The number of hydrogen-bond acceptors (Lipinski definition) is 5. The summed E-state index contributed by atoms with van der Waals surface area (Å²) in [6.45, 7) is 6.32. The minimum atomic E-state index is -0.239. The van der Waals surface area contributed by atoms with Crippen molar-refractivity contribution in [2.75, 3.05) is 30.9 Å². The second-order valence-corrected chi connectivity index (χ2v) is 7.88. The minimum absolute atomic E-state index is 0.0650. The Morgan fingerprint density at radius 2 is 1.90 bits per heavy atom. The summed E-state index contributed by atoms with van der Waals surface area (Å²) in [6.07, 6.45) is 4.29. The summed E-state index contributed by atoms with van der Waals surface area (Å²) in [7, 11) is 5.25. The van der Waals surface area contributed by atoms with Crippen LogP contribution in [-0.2, 0) is 4.79 Å². The zero-order valence-electron chi connectivity index (χ0n) is 18.7. The summed E-state index contributed by atoms with van der Waals surface area (Å²) in [6, 6.07) is 7.34. The molecule has 1 aromatic carbocycles. The molecule has 160 valence electrons. The van der Waals surface area contributed by atoms with Gasteiger partial charge in [-0.25, -0.2) is 9.97 Å². The van der Waals surface area contributed by atoms with Crippen molar-refractivity contribution in [2.24, 2.45) is 0 Å². The lowest BCUT2D eigenvalue weighted by molar-refractivity contribution is -0.120. The van der Waals surface area contributed by atoms with Gasteiger partial charge in [-0.15, -0.1) is 0 Å². The van der Waals surface area contributed by atoms with E-state index in [9.17, 15) is 9.59 Å². The number of fused-ring (bicyclic) bond motifs is 1. The Labute approximate surface area is 178 Å². The first-order chi connectivity index (χ1) is 14.3. The van der Waals surface area contributed by atoms with Gasteiger partial charge < -0.3 is 14.7 Å². The average molecular weight is 410 g/mol. The number of carbonyl (C=O) groups excluding carboxylic acids is 2. The molecule has 0 radical (unpaired) electrons. The average Bonchev–Trinajstić information content (AvgIpc) is 2.77. The zero-order valence-corrected chi connectivity index (χ0v) is 18.7. The first-order valence-electron chi connectivity index (χ1n) is 10.6. The highest BCUT2D eigenvalue weighted by Crippen LogP contribution is 2.38. The second-order valence-electron chi connectivity index (χ2n) is 7.88. The molecule has 7 heteroatoms. The van der Waals surface area contributed by atoms with Crippen LogP contribution in [-0.4, -0.2) is 59.9 Å². The second kappa shape index (κ2) is 8.81. The maximum Gasteiger partial charge on any atom is 0.253 e. The van der Waals surface area contributed by atoms with Crippen molar-refractivity contribution < 1.29 is 9.59 Å². The highest BCUT2D eigenvalue weighted by atomic mass is 16.2. The molecule has 0 spiro atoms. The number of aromatic nitrogens is 2. The van der Waals surface area contributed by atoms with Gasteiger partial charge in [0.1, 0.15) is 11.7 Å². The smallest absolute Gasteiger partial charge is 0.253 e. The van der Waals surface area contributed by atoms with E-state index < -0.39 is 0 Å². The molecule has 0 saturated heterocycles. The third kappa shape index (κ3) is 3.76. The quantitative estimate of drug-likeness (QED) is 0.729. The molecule has 1 atom stereocenters. The molecule has 1 aromatic heterocycles. The molecule has 2 heterocycles. The lowest BCUT2D eigenvalue weighted by atomic mass is 10.0. The lowest BCUT2D eigenvalue weighted by Crippen LogP contribution is -2.56. The zero-order chi connectivity index (χ0) is 22.0. The molecule has 30 heavy (non-hydrogen) atoms. The van der Waals surface area contributed by atoms with Crippen LogP contribution >= 0.6 is 0 Å². The molecule has 0 unspecified atom stereocenters. The van der Waals surface area contributed by atoms with Crippen LogP contribution in [0.1, 0.15) is 50.4 Å². The van der Waals surface area contributed by atoms with Crippen molar-refractivity contribution in [1.29, 1.82) is 0 Å². The third-order valence-electron chi connectivity index (χ3n) is 5.80. The van der Waals surface area contributed by atoms with E-state index in [1.54, 1.807) is 43.2 Å². The third-order valence-corrected chi connectivity index (χ3v) is 5.80. The van der Waals surface area contributed by atoms with Gasteiger partial charge in [0, 0.05) is 38.3 Å². The SMILES string of the molecule is CCC(CC)N1c2nc(-c3cccc(C(=O)N(C)C)c3)ncc2N(C)C(=O)[C@H]1CC. The normalized spacial score (nSPS) is 16.1. The van der Waals surface area contributed by atoms with Crippen LogP contribution < -0.4 is 9.80 Å². The van der Waals surface area contributed by atoms with E-state index in [0.29, 0.717) is 17.8 Å². The Morgan fingerprint density at radius 3 is 2.50 bits per heavy atom. The Morgan fingerprint density at radius 1 is 1.20 bits per heavy atom. The summed E-state index contributed by atoms with van der Waals surface area (Å²) < 4.78 is 0. The Balaban J connectivity index is 2.13. The van der Waals surface area contributed by atoms with Crippen molar-refractivity contribution in [3.8, 4) is 11.4 Å². The highest BCUT2D eigenvalue weighted by Gasteiger charge is 2.39. The van der Waals surface area contributed by atoms with E-state index in [1.807, 2.05) is 25.1 Å². The number of likely N-dealkylation sites (N-methyl/N-ethyl adjacent to an activating group) is 1. The van der Waals surface area contributed by atoms with Crippen LogP contribution in [0.4, 0.5) is 11.5 Å². The molecule has 1 aliphatic rings. The number of carbonyl (C=O) groups is 2. The Bertz CT molecular complexity index is 939. The summed E-state index contributed by atoms with van der Waals surface area (Å²) in [5.41, 5.74) is 2.10. The molecule has 0 bridgehead atoms. The Kier molecular flexibility index (Phi) is 6.39. The molecule has 0 N–H and O–H groups in total. The molecule has 2 amide bonds. The first-order valence-corrected chi connectivity index (χ1v) is 10.6. The van der Waals surface area contributed by atoms with E-state index in [2.05, 4.69) is 23.7 Å². The predicted octanol–water partition coefficient (Wildman–Crippen LogP) is 3.60. The number of rotatable bonds is 6. The van der Waals surface area contributed by atoms with Gasteiger partial charge in [-0.05, 0) is 31.4 Å². The lowest BCUT2D eigenvalue weighted by Gasteiger charge is -2.44. The molecular weight excluding hydrogens is 378 g/mol. The molecule has 7 nitrogen and oxygen atoms in total. The van der Waals surface area contributed by atoms with Crippen molar-refractivity contribution in [3.63, 3.8) is 0 Å². The van der Waals surface area contributed by atoms with Crippen LogP contribution in [0, 0.1) is 0 Å². The van der Waals surface area contributed by atoms with Gasteiger partial charge >= 0.3 is 0 Å². The maximum absolute atomic E-state index is 13.0. The van der Waals surface area contributed by atoms with Gasteiger partial charge in [0.05, 0.1) is 6.20 Å². The highest BCUT2D eigenvalue weighted by molar-refractivity contribution is 6.04. The summed E-state index contributed by atoms with van der Waals surface area (Å²) in [5.74, 6) is 1.35. The monoisotopic (exact) mass is 409 g/mol. The molecule has 2 aromatic rings. The topological polar surface area (TPSA) is 69.6 Å². The van der Waals surface area contributed by atoms with Gasteiger partial charge in [0.2, 0.25) is 5.91 Å². The molecule has 0 saturated carbocycles. The van der Waals surface area contributed by atoms with Gasteiger partial charge in [-0.1, -0.05) is 32.9 Å². The molecule has 0 aliphatic carbocycles. The van der Waals surface area contributed by atoms with Gasteiger partial charge in [-0.2, -0.15) is 0 Å². The number of nitrogens with zero attached hydrogens (tertiary/aromatic N) is 5. The van der Waals surface area contributed by atoms with E-state index in [-0.39, 0.29) is 23.9 Å². The van der Waals surface area contributed by atoms with Crippen LogP contribution in [0.25, 0.3) is 11.4 Å². The summed E-state index contributed by atoms with van der Waals surface area (Å²) in [5, 5.41) is 0. The number of anilines is 2. The fourth-order valence-electron chi connectivity index (χ4n) is 4.07. The van der Waals surface area contributed by atoms with Gasteiger partial charge in [0.15, 0.2) is 11.6 Å². The van der Waals surface area contributed by atoms with Crippen LogP contribution in [0.2, 0.25) is 0 Å². The van der Waals surface area contributed by atoms with E-state index in [1.165, 1.54) is 0 Å². The van der Waals surface area contributed by atoms with Crippen LogP contribution in [0.3, 0.4) is 0 Å². The van der Waals surface area contributed by atoms with Crippen molar-refractivity contribution >= 4 is 23.3 Å². The summed E-state index contributed by atoms with van der Waals surface area (Å²) >= 11 is 0. The molecular formula is C23H31N5O2.